The third-order valence-electron chi connectivity index (χ3n) is 2.26. The second kappa shape index (κ2) is 7.45. The molecule has 0 aromatic heterocycles. The van der Waals surface area contributed by atoms with Crippen molar-refractivity contribution in [1.82, 2.24) is 0 Å². The van der Waals surface area contributed by atoms with Gasteiger partial charge in [0.15, 0.2) is 5.75 Å². The van der Waals surface area contributed by atoms with Crippen molar-refractivity contribution in [3.05, 3.63) is 49.5 Å². The van der Waals surface area contributed by atoms with Crippen molar-refractivity contribution >= 4 is 112 Å². The van der Waals surface area contributed by atoms with Crippen LogP contribution in [0, 0.1) is 0 Å². The molecule has 0 spiro atoms. The van der Waals surface area contributed by atoms with E-state index < -0.39 is 0 Å². The minimum absolute atomic E-state index is 0.690. The molecule has 0 bridgehead atoms. The molecular weight excluding hydrogens is 725 g/mol. The molecule has 0 heterocycles. The van der Waals surface area contributed by atoms with Crippen LogP contribution in [0.15, 0.2) is 49.5 Å². The van der Waals surface area contributed by atoms with Gasteiger partial charge in [-0.25, -0.2) is 0 Å². The summed E-state index contributed by atoms with van der Waals surface area (Å²) in [4.78, 5) is 0. The van der Waals surface area contributed by atoms with Crippen LogP contribution in [0.4, 0.5) is 0 Å². The van der Waals surface area contributed by atoms with Crippen molar-refractivity contribution in [3.8, 4) is 11.5 Å². The average molecular weight is 728 g/mol. The van der Waals surface area contributed by atoms with E-state index >= 15 is 0 Å². The van der Waals surface area contributed by atoms with Gasteiger partial charge in [-0.1, -0.05) is 0 Å². The Morgan fingerprint density at radius 3 is 1.75 bits per heavy atom. The van der Waals surface area contributed by atoms with Crippen molar-refractivity contribution in [1.29, 1.82) is 0 Å². The molecule has 8 heteroatoms. The molecule has 20 heavy (non-hydrogen) atoms. The summed E-state index contributed by atoms with van der Waals surface area (Å²) in [6.07, 6.45) is 0. The highest BCUT2D eigenvalue weighted by molar-refractivity contribution is 9.14. The fourth-order valence-electron chi connectivity index (χ4n) is 1.34. The zero-order valence-electron chi connectivity index (χ0n) is 9.29. The first-order valence-corrected chi connectivity index (χ1v) is 10.5. The van der Waals surface area contributed by atoms with Gasteiger partial charge in [-0.15, -0.1) is 0 Å². The number of halogens is 7. The van der Waals surface area contributed by atoms with Crippen LogP contribution in [0.5, 0.6) is 11.5 Å². The highest BCUT2D eigenvalue weighted by Crippen LogP contribution is 2.46. The summed E-state index contributed by atoms with van der Waals surface area (Å²) >= 11 is 24.4. The van der Waals surface area contributed by atoms with E-state index in [0.29, 0.717) is 11.5 Å². The van der Waals surface area contributed by atoms with Gasteiger partial charge < -0.3 is 4.74 Å². The van der Waals surface area contributed by atoms with E-state index in [1.807, 2.05) is 18.2 Å². The largest absolute Gasteiger partial charge is 0.454 e. The van der Waals surface area contributed by atoms with Crippen LogP contribution in [0.1, 0.15) is 0 Å². The lowest BCUT2D eigenvalue weighted by Crippen LogP contribution is -1.90. The molecule has 0 saturated carbocycles. The normalized spacial score (nSPS) is 10.8. The molecule has 0 amide bonds. The molecule has 0 radical (unpaired) electrons. The lowest BCUT2D eigenvalue weighted by molar-refractivity contribution is 0.472. The summed E-state index contributed by atoms with van der Waals surface area (Å²) in [7, 11) is 0. The van der Waals surface area contributed by atoms with Gasteiger partial charge in [-0.05, 0) is 130 Å². The summed E-state index contributed by atoms with van der Waals surface area (Å²) in [5.41, 5.74) is 0. The second-order valence-corrected chi connectivity index (χ2v) is 9.45. The predicted molar refractivity (Wildman–Crippen MR) is 107 cm³/mol. The first-order valence-electron chi connectivity index (χ1n) is 4.96. The number of rotatable bonds is 2. The minimum Gasteiger partial charge on any atom is -0.454 e. The Morgan fingerprint density at radius 1 is 0.550 bits per heavy atom. The summed E-state index contributed by atoms with van der Waals surface area (Å²) in [5.74, 6) is 1.39. The molecule has 2 aromatic rings. The monoisotopic (exact) mass is 721 g/mol. The quantitative estimate of drug-likeness (QED) is 0.222. The van der Waals surface area contributed by atoms with E-state index in [-0.39, 0.29) is 0 Å². The SMILES string of the molecule is Brc1cc(Br)c(O[13c]2[13c](Br)[13cH][13c](Br)[13c](Br)[13c]2Br)cc1Br. The van der Waals surface area contributed by atoms with Gasteiger partial charge in [0.2, 0.25) is 0 Å². The molecule has 1 nitrogen and oxygen atoms in total. The van der Waals surface area contributed by atoms with E-state index in [4.69, 9.17) is 4.74 Å². The van der Waals surface area contributed by atoms with E-state index in [9.17, 15) is 0 Å². The van der Waals surface area contributed by atoms with E-state index in [0.717, 1.165) is 31.3 Å². The van der Waals surface area contributed by atoms with Crippen LogP contribution in [0.2, 0.25) is 0 Å². The fraction of sp³-hybridized carbons (Fsp3) is 0. The zero-order chi connectivity index (χ0) is 15.0. The Balaban J connectivity index is 2.51. The molecule has 0 fully saturated rings. The molecular formula is C12H3Br7O. The van der Waals surface area contributed by atoms with Crippen LogP contribution in [-0.2, 0) is 0 Å². The smallest absolute Gasteiger partial charge is 0.157 e. The Hall–Kier alpha value is 1.60. The molecule has 106 valence electrons. The number of benzene rings is 2. The minimum atomic E-state index is 0.690. The molecule has 0 aliphatic rings. The van der Waals surface area contributed by atoms with Gasteiger partial charge in [-0.3, -0.25) is 0 Å². The van der Waals surface area contributed by atoms with Gasteiger partial charge in [0.05, 0.1) is 13.4 Å². The number of hydrogen-bond donors (Lipinski definition) is 0. The molecule has 0 unspecified atom stereocenters. The van der Waals surface area contributed by atoms with Crippen LogP contribution in [0.25, 0.3) is 0 Å². The summed E-state index contributed by atoms with van der Waals surface area (Å²) in [6, 6.07) is 5.74. The third-order valence-corrected chi connectivity index (χ3v) is 8.58. The molecule has 0 saturated heterocycles. The van der Waals surface area contributed by atoms with Crippen LogP contribution in [-0.4, -0.2) is 0 Å². The summed E-state index contributed by atoms with van der Waals surface area (Å²) in [6.45, 7) is 0. The number of ether oxygens (including phenoxy) is 1. The summed E-state index contributed by atoms with van der Waals surface area (Å²) < 4.78 is 12.2. The van der Waals surface area contributed by atoms with Crippen molar-refractivity contribution in [2.24, 2.45) is 0 Å². The summed E-state index contributed by atoms with van der Waals surface area (Å²) in [5, 5.41) is 0. The van der Waals surface area contributed by atoms with Crippen LogP contribution in [0.3, 0.4) is 0 Å². The molecule has 0 atom stereocenters. The fourth-order valence-corrected chi connectivity index (χ4v) is 5.31. The Morgan fingerprint density at radius 2 is 1.10 bits per heavy atom. The maximum absolute atomic E-state index is 6.00. The Bertz CT molecular complexity index is 684. The van der Waals surface area contributed by atoms with E-state index in [1.54, 1.807) is 0 Å². The van der Waals surface area contributed by atoms with Gasteiger partial charge in [0, 0.05) is 17.9 Å². The highest BCUT2D eigenvalue weighted by atomic mass is 79.9. The standard InChI is InChI=1S/C12H3Br7O/c13-4-1-6(15)9(3-5(4)14)20-12-8(17)2-7(16)10(18)11(12)19/h1-3H/i2+1,7+1,8+1,10+1,11+1,12+1. The van der Waals surface area contributed by atoms with E-state index in [1.165, 1.54) is 0 Å². The van der Waals surface area contributed by atoms with Crippen molar-refractivity contribution in [2.45, 2.75) is 0 Å². The highest BCUT2D eigenvalue weighted by Gasteiger charge is 2.16. The molecule has 0 N–H and O–H groups in total. The molecule has 2 aromatic carbocycles. The van der Waals surface area contributed by atoms with Crippen molar-refractivity contribution in [2.75, 3.05) is 0 Å². The molecule has 0 aliphatic carbocycles. The maximum Gasteiger partial charge on any atom is 0.157 e. The van der Waals surface area contributed by atoms with Crippen LogP contribution >= 0.6 is 112 Å². The molecule has 0 aliphatic heterocycles. The third kappa shape index (κ3) is 3.92. The maximum atomic E-state index is 6.00. The molecule has 2 rings (SSSR count). The van der Waals surface area contributed by atoms with Gasteiger partial charge in [0.25, 0.3) is 0 Å². The lowest BCUT2D eigenvalue weighted by Gasteiger charge is -2.14. The van der Waals surface area contributed by atoms with Crippen molar-refractivity contribution < 1.29 is 4.74 Å². The zero-order valence-corrected chi connectivity index (χ0v) is 20.4. The first-order chi connectivity index (χ1) is 9.31. The lowest BCUT2D eigenvalue weighted by atomic mass is 10.3. The van der Waals surface area contributed by atoms with E-state index in [2.05, 4.69) is 112 Å². The van der Waals surface area contributed by atoms with Gasteiger partial charge in [0.1, 0.15) is 5.75 Å². The Kier molecular flexibility index (Phi) is 6.68. The van der Waals surface area contributed by atoms with Gasteiger partial charge in [-0.2, -0.15) is 0 Å². The predicted octanol–water partition coefficient (Wildman–Crippen LogP) is 8.82. The Labute approximate surface area is 175 Å². The topological polar surface area (TPSA) is 9.23 Å². The first kappa shape index (κ1) is 17.9. The number of hydrogen-bond acceptors (Lipinski definition) is 1. The average Bonchev–Trinajstić information content (AvgIpc) is 2.38. The van der Waals surface area contributed by atoms with Crippen LogP contribution < -0.4 is 4.74 Å². The van der Waals surface area contributed by atoms with Crippen molar-refractivity contribution in [3.63, 3.8) is 0 Å². The second-order valence-electron chi connectivity index (χ2n) is 3.60. The van der Waals surface area contributed by atoms with Gasteiger partial charge >= 0.3 is 0 Å².